The highest BCUT2D eigenvalue weighted by molar-refractivity contribution is 5.98. The van der Waals surface area contributed by atoms with E-state index in [9.17, 15) is 9.59 Å². The third-order valence-electron chi connectivity index (χ3n) is 8.65. The van der Waals surface area contributed by atoms with Crippen LogP contribution in [0.5, 0.6) is 0 Å². The van der Waals surface area contributed by atoms with Crippen molar-refractivity contribution in [1.29, 1.82) is 0 Å². The molecule has 2 bridgehead atoms. The highest BCUT2D eigenvalue weighted by atomic mass is 19.1. The van der Waals surface area contributed by atoms with Crippen LogP contribution in [0.15, 0.2) is 36.5 Å². The molecule has 2 fully saturated rings. The maximum absolute atomic E-state index is 15.6. The summed E-state index contributed by atoms with van der Waals surface area (Å²) < 4.78 is 24.7. The number of pyridine rings is 1. The second-order valence-electron chi connectivity index (χ2n) is 10.7. The zero-order valence-electron chi connectivity index (χ0n) is 21.3. The molecule has 0 spiro atoms. The Morgan fingerprint density at radius 3 is 2.87 bits per heavy atom. The molecule has 10 heteroatoms. The van der Waals surface area contributed by atoms with Crippen molar-refractivity contribution in [3.05, 3.63) is 53.5 Å². The molecule has 38 heavy (non-hydrogen) atoms. The summed E-state index contributed by atoms with van der Waals surface area (Å²) in [7, 11) is 0. The lowest BCUT2D eigenvalue weighted by molar-refractivity contribution is 0.0597. The van der Waals surface area contributed by atoms with Gasteiger partial charge in [-0.05, 0) is 44.4 Å². The van der Waals surface area contributed by atoms with E-state index in [0.717, 1.165) is 53.7 Å². The first-order chi connectivity index (χ1) is 18.4. The number of nitrogens with zero attached hydrogens (tertiary/aromatic N) is 4. The van der Waals surface area contributed by atoms with E-state index in [1.165, 1.54) is 10.6 Å². The van der Waals surface area contributed by atoms with Crippen LogP contribution in [0, 0.1) is 18.7 Å². The Morgan fingerprint density at radius 2 is 2.08 bits per heavy atom. The van der Waals surface area contributed by atoms with Crippen LogP contribution in [-0.4, -0.2) is 56.3 Å². The lowest BCUT2D eigenvalue weighted by atomic mass is 10.1. The van der Waals surface area contributed by atoms with Gasteiger partial charge < -0.3 is 25.3 Å². The number of aryl methyl sites for hydroxylation is 1. The number of halogens is 1. The SMILES string of the molecule is CCC1CNc2cccc3cc(-c4nn5cc(C(=O)N6C[C@H]7CC[C@@H]6[C@@H]7OC(N)=O)cc(F)c5c4C)n1c23. The van der Waals surface area contributed by atoms with Crippen molar-refractivity contribution < 1.29 is 18.7 Å². The molecule has 3 aliphatic rings. The van der Waals surface area contributed by atoms with Crippen LogP contribution in [0.25, 0.3) is 27.8 Å². The first-order valence-corrected chi connectivity index (χ1v) is 13.2. The van der Waals surface area contributed by atoms with Crippen molar-refractivity contribution in [3.63, 3.8) is 0 Å². The molecule has 4 atom stereocenters. The number of hydrogen-bond donors (Lipinski definition) is 2. The number of carbonyl (C=O) groups is 2. The molecule has 0 radical (unpaired) electrons. The maximum atomic E-state index is 15.6. The number of benzene rings is 1. The van der Waals surface area contributed by atoms with Gasteiger partial charge in [0, 0.05) is 36.2 Å². The van der Waals surface area contributed by atoms with Crippen LogP contribution in [0.3, 0.4) is 0 Å². The van der Waals surface area contributed by atoms with Gasteiger partial charge >= 0.3 is 6.09 Å². The first-order valence-electron chi connectivity index (χ1n) is 13.2. The fourth-order valence-corrected chi connectivity index (χ4v) is 6.92. The number of hydrogen-bond acceptors (Lipinski definition) is 5. The van der Waals surface area contributed by atoms with Crippen molar-refractivity contribution in [2.75, 3.05) is 18.4 Å². The summed E-state index contributed by atoms with van der Waals surface area (Å²) in [6.45, 7) is 5.30. The summed E-state index contributed by atoms with van der Waals surface area (Å²) in [6, 6.07) is 9.60. The number of ether oxygens (including phenoxy) is 1. The fraction of sp³-hybridized carbons (Fsp3) is 0.393. The summed E-state index contributed by atoms with van der Waals surface area (Å²) in [5, 5.41) is 9.46. The van der Waals surface area contributed by atoms with Gasteiger partial charge in [0.25, 0.3) is 5.91 Å². The first kappa shape index (κ1) is 23.1. The smallest absolute Gasteiger partial charge is 0.404 e. The number of aromatic nitrogens is 3. The molecule has 3 N–H and O–H groups in total. The van der Waals surface area contributed by atoms with Crippen molar-refractivity contribution >= 4 is 34.1 Å². The zero-order valence-corrected chi connectivity index (χ0v) is 21.3. The summed E-state index contributed by atoms with van der Waals surface area (Å²) in [4.78, 5) is 26.5. The molecule has 1 unspecified atom stereocenters. The Kier molecular flexibility index (Phi) is 4.98. The number of likely N-dealkylation sites (tertiary alicyclic amines) is 1. The van der Waals surface area contributed by atoms with Gasteiger partial charge in [-0.1, -0.05) is 19.1 Å². The third-order valence-corrected chi connectivity index (χ3v) is 8.65. The molecule has 1 aromatic carbocycles. The molecule has 5 heterocycles. The van der Waals surface area contributed by atoms with E-state index in [1.54, 1.807) is 11.1 Å². The molecular formula is C28H29FN6O3. The summed E-state index contributed by atoms with van der Waals surface area (Å²) in [6.07, 6.45) is 2.90. The topological polar surface area (TPSA) is 107 Å². The third kappa shape index (κ3) is 3.18. The van der Waals surface area contributed by atoms with Crippen LogP contribution >= 0.6 is 0 Å². The van der Waals surface area contributed by atoms with E-state index >= 15 is 4.39 Å². The highest BCUT2D eigenvalue weighted by Gasteiger charge is 2.51. The van der Waals surface area contributed by atoms with E-state index in [-0.39, 0.29) is 29.5 Å². The predicted molar refractivity (Wildman–Crippen MR) is 141 cm³/mol. The van der Waals surface area contributed by atoms with Crippen molar-refractivity contribution in [2.45, 2.75) is 51.3 Å². The van der Waals surface area contributed by atoms with E-state index in [0.29, 0.717) is 17.8 Å². The molecule has 9 nitrogen and oxygen atoms in total. The fourth-order valence-electron chi connectivity index (χ4n) is 6.92. The van der Waals surface area contributed by atoms with E-state index in [2.05, 4.69) is 35.0 Å². The van der Waals surface area contributed by atoms with Crippen molar-refractivity contribution in [2.24, 2.45) is 11.7 Å². The number of anilines is 1. The predicted octanol–water partition coefficient (Wildman–Crippen LogP) is 4.48. The van der Waals surface area contributed by atoms with E-state index in [1.807, 2.05) is 13.0 Å². The average molecular weight is 517 g/mol. The number of primary amides is 1. The number of fused-ring (bicyclic) bond motifs is 3. The van der Waals surface area contributed by atoms with E-state index < -0.39 is 18.0 Å². The minimum Gasteiger partial charge on any atom is -0.444 e. The molecular weight excluding hydrogens is 487 g/mol. The lowest BCUT2D eigenvalue weighted by Gasteiger charge is -2.28. The maximum Gasteiger partial charge on any atom is 0.404 e. The van der Waals surface area contributed by atoms with Gasteiger partial charge in [-0.3, -0.25) is 4.79 Å². The minimum atomic E-state index is -0.835. The van der Waals surface area contributed by atoms with Crippen LogP contribution in [0.1, 0.15) is 48.1 Å². The number of amides is 2. The molecule has 1 saturated heterocycles. The molecule has 1 aliphatic carbocycles. The number of piperidine rings is 1. The largest absolute Gasteiger partial charge is 0.444 e. The van der Waals surface area contributed by atoms with Gasteiger partial charge in [-0.15, -0.1) is 0 Å². The molecule has 3 aromatic heterocycles. The number of para-hydroxylation sites is 1. The second-order valence-corrected chi connectivity index (χ2v) is 10.7. The lowest BCUT2D eigenvalue weighted by Crippen LogP contribution is -2.40. The van der Waals surface area contributed by atoms with Crippen LogP contribution in [-0.2, 0) is 4.74 Å². The van der Waals surface area contributed by atoms with Crippen molar-refractivity contribution in [3.8, 4) is 11.4 Å². The Balaban J connectivity index is 1.30. The molecule has 4 aromatic rings. The van der Waals surface area contributed by atoms with Crippen LogP contribution < -0.4 is 11.1 Å². The second kappa shape index (κ2) is 8.21. The van der Waals surface area contributed by atoms with Gasteiger partial charge in [0.2, 0.25) is 0 Å². The van der Waals surface area contributed by atoms with Gasteiger partial charge in [0.05, 0.1) is 34.5 Å². The summed E-state index contributed by atoms with van der Waals surface area (Å²) in [5.41, 5.74) is 10.4. The van der Waals surface area contributed by atoms with Gasteiger partial charge in [0.1, 0.15) is 23.1 Å². The highest BCUT2D eigenvalue weighted by Crippen LogP contribution is 2.42. The Morgan fingerprint density at radius 1 is 1.24 bits per heavy atom. The molecule has 2 aliphatic heterocycles. The molecule has 1 saturated carbocycles. The quantitative estimate of drug-likeness (QED) is 0.416. The van der Waals surface area contributed by atoms with Crippen LogP contribution in [0.2, 0.25) is 0 Å². The monoisotopic (exact) mass is 516 g/mol. The Hall–Kier alpha value is -4.08. The Bertz CT molecular complexity index is 1640. The molecule has 196 valence electrons. The summed E-state index contributed by atoms with van der Waals surface area (Å²) >= 11 is 0. The van der Waals surface area contributed by atoms with Crippen LogP contribution in [0.4, 0.5) is 14.9 Å². The van der Waals surface area contributed by atoms with E-state index in [4.69, 9.17) is 15.6 Å². The zero-order chi connectivity index (χ0) is 26.3. The minimum absolute atomic E-state index is 0.0509. The molecule has 7 rings (SSSR count). The number of carbonyl (C=O) groups excluding carboxylic acids is 2. The normalized spacial score (nSPS) is 23.8. The standard InChI is InChI=1S/C28H29FN6O3/c1-3-18-11-31-20-6-4-5-15-10-22(35(18)25(15)20)23-14(2)24-19(29)9-17(13-34(24)32-23)27(36)33-12-16-7-8-21(33)26(16)38-28(30)37/h4-6,9-10,13,16,18,21,26,31H,3,7-8,11-12H2,1-2H3,(H2,30,37)/t16-,18?,21-,26-/m1/s1. The Labute approximate surface area is 218 Å². The number of nitrogens with one attached hydrogen (secondary N) is 1. The van der Waals surface area contributed by atoms with Gasteiger partial charge in [0.15, 0.2) is 0 Å². The van der Waals surface area contributed by atoms with Gasteiger partial charge in [-0.2, -0.15) is 5.10 Å². The number of rotatable bonds is 4. The number of nitrogens with two attached hydrogens (primary N) is 1. The average Bonchev–Trinajstić information content (AvgIpc) is 3.65. The van der Waals surface area contributed by atoms with Crippen molar-refractivity contribution in [1.82, 2.24) is 19.1 Å². The van der Waals surface area contributed by atoms with Gasteiger partial charge in [-0.25, -0.2) is 13.7 Å². The summed E-state index contributed by atoms with van der Waals surface area (Å²) in [5.74, 6) is -0.739. The molecule has 2 amide bonds.